The number of rotatable bonds is 18. The van der Waals surface area contributed by atoms with Crippen LogP contribution in [0.4, 0.5) is 0 Å². The molecule has 0 spiro atoms. The van der Waals surface area contributed by atoms with Crippen LogP contribution in [0.15, 0.2) is 0 Å². The Morgan fingerprint density at radius 2 is 0.929 bits per heavy atom. The molecule has 152 valence electrons. The smallest absolute Gasteiger partial charge is 0.548 e. The zero-order valence-corrected chi connectivity index (χ0v) is 24.5. The topological polar surface area (TPSA) is 101 Å². The van der Waals surface area contributed by atoms with Gasteiger partial charge >= 0.3 is 103 Å². The first-order valence-electron chi connectivity index (χ1n) is 10.1. The van der Waals surface area contributed by atoms with Gasteiger partial charge in [0.25, 0.3) is 0 Å². The molecule has 0 aliphatic rings. The number of nitrogens with zero attached hydrogens (tertiary/aromatic N) is 1. The molecule has 0 aliphatic carbocycles. The first kappa shape index (κ1) is 34.3. The Hall–Kier alpha value is 1.68. The van der Waals surface area contributed by atoms with Crippen LogP contribution in [0, 0.1) is 0 Å². The van der Waals surface area contributed by atoms with E-state index in [-0.39, 0.29) is 109 Å². The van der Waals surface area contributed by atoms with E-state index in [1.165, 1.54) is 57.8 Å². The Kier molecular flexibility index (Phi) is 30.6. The van der Waals surface area contributed by atoms with Crippen molar-refractivity contribution in [3.63, 3.8) is 0 Å². The van der Waals surface area contributed by atoms with E-state index in [1.54, 1.807) is 0 Å². The summed E-state index contributed by atoms with van der Waals surface area (Å²) in [4.78, 5) is 33.8. The number of carboxylic acid groups (broad SMARTS) is 2. The van der Waals surface area contributed by atoms with Crippen LogP contribution in [0.3, 0.4) is 0 Å². The van der Waals surface area contributed by atoms with E-state index in [4.69, 9.17) is 0 Å². The van der Waals surface area contributed by atoms with E-state index in [2.05, 4.69) is 6.92 Å². The van der Waals surface area contributed by atoms with E-state index < -0.39 is 30.9 Å². The third-order valence-corrected chi connectivity index (χ3v) is 4.49. The van der Waals surface area contributed by atoms with Crippen molar-refractivity contribution in [2.75, 3.05) is 13.1 Å². The van der Waals surface area contributed by atoms with Gasteiger partial charge in [-0.2, -0.15) is 0 Å². The first-order chi connectivity index (χ1) is 12.5. The van der Waals surface area contributed by atoms with Crippen molar-refractivity contribution in [1.82, 2.24) is 4.90 Å². The zero-order valence-electron chi connectivity index (χ0n) is 18.3. The number of aliphatic carboxylic acids is 2. The minimum atomic E-state index is -1.47. The Morgan fingerprint density at radius 1 is 0.607 bits per heavy atom. The van der Waals surface area contributed by atoms with Gasteiger partial charge in [-0.25, -0.2) is 0 Å². The third kappa shape index (κ3) is 24.0. The summed E-state index contributed by atoms with van der Waals surface area (Å²) in [7, 11) is 0. The van der Waals surface area contributed by atoms with Gasteiger partial charge in [0.2, 0.25) is 5.91 Å². The second-order valence-electron chi connectivity index (χ2n) is 6.99. The molecular formula is C20H35K2NO5. The Balaban J connectivity index is -0.00000312. The Morgan fingerprint density at radius 3 is 1.25 bits per heavy atom. The number of carbonyl (C=O) groups excluding carboxylic acids is 3. The van der Waals surface area contributed by atoms with Crippen molar-refractivity contribution in [1.29, 1.82) is 0 Å². The van der Waals surface area contributed by atoms with Gasteiger partial charge in [0, 0.05) is 6.42 Å². The molecule has 0 unspecified atom stereocenters. The van der Waals surface area contributed by atoms with Gasteiger partial charge in [-0.3, -0.25) is 4.79 Å². The maximum Gasteiger partial charge on any atom is 1.00 e. The molecule has 0 rings (SSSR count). The van der Waals surface area contributed by atoms with Gasteiger partial charge in [-0.05, 0) is 6.42 Å². The maximum atomic E-state index is 11.9. The number of unbranched alkanes of at least 4 members (excludes halogenated alkanes) is 12. The summed E-state index contributed by atoms with van der Waals surface area (Å²) in [5, 5.41) is 21.1. The minimum absolute atomic E-state index is 0. The van der Waals surface area contributed by atoms with Crippen LogP contribution >= 0.6 is 0 Å². The van der Waals surface area contributed by atoms with Crippen molar-refractivity contribution in [2.24, 2.45) is 0 Å². The van der Waals surface area contributed by atoms with Crippen molar-refractivity contribution in [3.05, 3.63) is 0 Å². The Labute approximate surface area is 255 Å². The molecule has 0 heterocycles. The van der Waals surface area contributed by atoms with Crippen LogP contribution < -0.4 is 113 Å². The molecule has 0 bridgehead atoms. The second-order valence-corrected chi connectivity index (χ2v) is 6.99. The number of carbonyl (C=O) groups is 3. The zero-order chi connectivity index (χ0) is 19.6. The molecule has 8 heteroatoms. The predicted molar refractivity (Wildman–Crippen MR) is 96.9 cm³/mol. The average Bonchev–Trinajstić information content (AvgIpc) is 2.57. The molecule has 0 atom stereocenters. The molecule has 28 heavy (non-hydrogen) atoms. The standard InChI is InChI=1S/C20H37NO5.2K/c1-2-3-4-5-6-7-8-9-10-11-12-13-14-15-18(22)21(16-19(23)24)17-20(25)26;;/h2-17H2,1H3,(H,23,24)(H,25,26);;/q;2*+1/p-2. The van der Waals surface area contributed by atoms with E-state index >= 15 is 0 Å². The van der Waals surface area contributed by atoms with Gasteiger partial charge in [0.05, 0.1) is 25.0 Å². The summed E-state index contributed by atoms with van der Waals surface area (Å²) >= 11 is 0. The number of hydrogen-bond donors (Lipinski definition) is 0. The molecule has 0 saturated heterocycles. The predicted octanol–water partition coefficient (Wildman–Crippen LogP) is -4.20. The van der Waals surface area contributed by atoms with E-state index in [0.29, 0.717) is 6.42 Å². The summed E-state index contributed by atoms with van der Waals surface area (Å²) in [5.74, 6) is -3.41. The largest absolute Gasteiger partial charge is 1.00 e. The first-order valence-corrected chi connectivity index (χ1v) is 10.1. The molecule has 0 aromatic rings. The van der Waals surface area contributed by atoms with Crippen molar-refractivity contribution in [2.45, 2.75) is 96.8 Å². The molecule has 6 nitrogen and oxygen atoms in total. The van der Waals surface area contributed by atoms with Crippen LogP contribution in [0.5, 0.6) is 0 Å². The van der Waals surface area contributed by atoms with E-state index in [0.717, 1.165) is 24.2 Å². The van der Waals surface area contributed by atoms with Crippen LogP contribution in [-0.4, -0.2) is 35.8 Å². The third-order valence-electron chi connectivity index (χ3n) is 4.49. The summed E-state index contributed by atoms with van der Waals surface area (Å²) < 4.78 is 0. The molecule has 0 N–H and O–H groups in total. The van der Waals surface area contributed by atoms with Crippen LogP contribution in [0.1, 0.15) is 96.8 Å². The van der Waals surface area contributed by atoms with Crippen molar-refractivity contribution in [3.8, 4) is 0 Å². The van der Waals surface area contributed by atoms with Crippen LogP contribution in [-0.2, 0) is 14.4 Å². The molecule has 0 saturated carbocycles. The monoisotopic (exact) mass is 447 g/mol. The summed E-state index contributed by atoms with van der Waals surface area (Å²) in [6, 6.07) is 0. The van der Waals surface area contributed by atoms with Gasteiger partial charge in [-0.1, -0.05) is 84.0 Å². The van der Waals surface area contributed by atoms with Gasteiger partial charge in [-0.15, -0.1) is 0 Å². The number of amides is 1. The number of carboxylic acids is 2. The Bertz CT molecular complexity index is 392. The fraction of sp³-hybridized carbons (Fsp3) is 0.850. The van der Waals surface area contributed by atoms with Gasteiger partial charge < -0.3 is 24.7 Å². The van der Waals surface area contributed by atoms with Crippen molar-refractivity contribution >= 4 is 17.8 Å². The average molecular weight is 448 g/mol. The number of hydrogen-bond acceptors (Lipinski definition) is 5. The summed E-state index contributed by atoms with van der Waals surface area (Å²) in [5.41, 5.74) is 0. The van der Waals surface area contributed by atoms with Gasteiger partial charge in [0.15, 0.2) is 0 Å². The fourth-order valence-electron chi connectivity index (χ4n) is 3.00. The van der Waals surface area contributed by atoms with Gasteiger partial charge in [0.1, 0.15) is 0 Å². The molecule has 1 amide bonds. The summed E-state index contributed by atoms with van der Waals surface area (Å²) in [6.07, 6.45) is 15.7. The SMILES string of the molecule is CCCCCCCCCCCCCCCC(=O)N(CC(=O)[O-])CC(=O)[O-].[K+].[K+]. The second kappa shape index (κ2) is 24.9. The quantitative estimate of drug-likeness (QED) is 0.157. The van der Waals surface area contributed by atoms with E-state index in [9.17, 15) is 24.6 Å². The molecule has 0 fully saturated rings. The van der Waals surface area contributed by atoms with Crippen molar-refractivity contribution < 1.29 is 127 Å². The summed E-state index contributed by atoms with van der Waals surface area (Å²) in [6.45, 7) is 0.823. The van der Waals surface area contributed by atoms with E-state index in [1.807, 2.05) is 0 Å². The fourth-order valence-corrected chi connectivity index (χ4v) is 3.00. The molecule has 0 aliphatic heterocycles. The molecule has 0 aromatic heterocycles. The van der Waals surface area contributed by atoms with Crippen LogP contribution in [0.2, 0.25) is 0 Å². The van der Waals surface area contributed by atoms with Crippen LogP contribution in [0.25, 0.3) is 0 Å². The maximum absolute atomic E-state index is 11.9. The molecule has 0 aromatic carbocycles. The molecule has 0 radical (unpaired) electrons. The minimum Gasteiger partial charge on any atom is -0.548 e. The molecular weight excluding hydrogens is 412 g/mol. The normalized spacial score (nSPS) is 9.89.